The molecule has 0 saturated heterocycles. The van der Waals surface area contributed by atoms with Crippen LogP contribution >= 0.6 is 11.3 Å². The van der Waals surface area contributed by atoms with Gasteiger partial charge in [-0.3, -0.25) is 9.59 Å². The lowest BCUT2D eigenvalue weighted by molar-refractivity contribution is -0.127. The van der Waals surface area contributed by atoms with Crippen molar-refractivity contribution >= 4 is 28.8 Å². The van der Waals surface area contributed by atoms with E-state index < -0.39 is 5.92 Å². The second-order valence-electron chi connectivity index (χ2n) is 6.94. The summed E-state index contributed by atoms with van der Waals surface area (Å²) in [4.78, 5) is 26.3. The van der Waals surface area contributed by atoms with Crippen molar-refractivity contribution in [3.63, 3.8) is 0 Å². The lowest BCUT2D eigenvalue weighted by Crippen LogP contribution is -2.38. The second kappa shape index (κ2) is 7.00. The number of anilines is 1. The highest BCUT2D eigenvalue weighted by Gasteiger charge is 2.34. The quantitative estimate of drug-likeness (QED) is 0.863. The van der Waals surface area contributed by atoms with Crippen molar-refractivity contribution in [2.45, 2.75) is 44.1 Å². The van der Waals surface area contributed by atoms with Gasteiger partial charge < -0.3 is 10.6 Å². The van der Waals surface area contributed by atoms with Crippen LogP contribution in [0.2, 0.25) is 0 Å². The standard InChI is InChI=1S/C20H22N2O2S/c23-18-12-15(14-8-3-4-9-16(14)21-18)20(24)22-19(13-6-1-2-7-13)17-10-5-11-25-17/h3-5,8-11,13,15,19H,1-2,6-7,12H2,(H,21,23)(H,22,24)/t15-,19+/m1/s1. The number of thiophene rings is 1. The average molecular weight is 354 g/mol. The first-order valence-electron chi connectivity index (χ1n) is 8.95. The number of carbonyl (C=O) groups excluding carboxylic acids is 2. The molecule has 1 aromatic heterocycles. The molecule has 0 unspecified atom stereocenters. The van der Waals surface area contributed by atoms with E-state index in [1.807, 2.05) is 30.3 Å². The highest BCUT2D eigenvalue weighted by atomic mass is 32.1. The summed E-state index contributed by atoms with van der Waals surface area (Å²) in [7, 11) is 0. The molecule has 1 aromatic carbocycles. The fourth-order valence-electron chi connectivity index (χ4n) is 4.08. The minimum atomic E-state index is -0.409. The van der Waals surface area contributed by atoms with E-state index in [0.29, 0.717) is 5.92 Å². The maximum Gasteiger partial charge on any atom is 0.228 e. The summed E-state index contributed by atoms with van der Waals surface area (Å²) in [6.07, 6.45) is 4.99. The van der Waals surface area contributed by atoms with Crippen LogP contribution in [0, 0.1) is 5.92 Å². The van der Waals surface area contributed by atoms with Crippen molar-refractivity contribution < 1.29 is 9.59 Å². The van der Waals surface area contributed by atoms with Gasteiger partial charge in [0.15, 0.2) is 0 Å². The number of para-hydroxylation sites is 1. The van der Waals surface area contributed by atoms with Crippen molar-refractivity contribution in [1.29, 1.82) is 0 Å². The number of hydrogen-bond donors (Lipinski definition) is 2. The first-order chi connectivity index (χ1) is 12.2. The van der Waals surface area contributed by atoms with E-state index in [4.69, 9.17) is 0 Å². The second-order valence-corrected chi connectivity index (χ2v) is 7.92. The lowest BCUT2D eigenvalue weighted by atomic mass is 9.88. The monoisotopic (exact) mass is 354 g/mol. The Morgan fingerprint density at radius 2 is 1.96 bits per heavy atom. The number of hydrogen-bond acceptors (Lipinski definition) is 3. The van der Waals surface area contributed by atoms with Crippen molar-refractivity contribution in [2.24, 2.45) is 5.92 Å². The first-order valence-corrected chi connectivity index (χ1v) is 9.83. The molecule has 1 fully saturated rings. The zero-order valence-electron chi connectivity index (χ0n) is 14.0. The Hall–Kier alpha value is -2.14. The normalized spacial score (nSPS) is 21.4. The lowest BCUT2D eigenvalue weighted by Gasteiger charge is -2.29. The molecule has 1 saturated carbocycles. The summed E-state index contributed by atoms with van der Waals surface area (Å²) in [6, 6.07) is 11.8. The number of nitrogens with one attached hydrogen (secondary N) is 2. The summed E-state index contributed by atoms with van der Waals surface area (Å²) < 4.78 is 0. The van der Waals surface area contributed by atoms with Gasteiger partial charge >= 0.3 is 0 Å². The number of fused-ring (bicyclic) bond motifs is 1. The van der Waals surface area contributed by atoms with E-state index in [9.17, 15) is 9.59 Å². The largest absolute Gasteiger partial charge is 0.348 e. The Balaban J connectivity index is 1.58. The zero-order chi connectivity index (χ0) is 17.2. The van der Waals surface area contributed by atoms with Crippen LogP contribution in [-0.2, 0) is 9.59 Å². The van der Waals surface area contributed by atoms with Gasteiger partial charge in [0, 0.05) is 17.0 Å². The fraction of sp³-hybridized carbons (Fsp3) is 0.400. The van der Waals surface area contributed by atoms with E-state index in [1.165, 1.54) is 17.7 Å². The highest BCUT2D eigenvalue weighted by molar-refractivity contribution is 7.10. The topological polar surface area (TPSA) is 58.2 Å². The molecule has 2 heterocycles. The molecule has 2 aromatic rings. The van der Waals surface area contributed by atoms with Crippen LogP contribution in [0.3, 0.4) is 0 Å². The molecule has 4 nitrogen and oxygen atoms in total. The molecule has 1 aliphatic heterocycles. The number of rotatable bonds is 4. The number of amides is 2. The molecule has 1 aliphatic carbocycles. The molecule has 25 heavy (non-hydrogen) atoms. The van der Waals surface area contributed by atoms with Gasteiger partial charge in [0.05, 0.1) is 12.0 Å². The molecule has 0 bridgehead atoms. The third kappa shape index (κ3) is 3.33. The average Bonchev–Trinajstić information content (AvgIpc) is 3.32. The Labute approximate surface area is 151 Å². The van der Waals surface area contributed by atoms with Gasteiger partial charge in [0.2, 0.25) is 11.8 Å². The van der Waals surface area contributed by atoms with E-state index in [0.717, 1.165) is 24.1 Å². The summed E-state index contributed by atoms with van der Waals surface area (Å²) in [6.45, 7) is 0. The number of benzene rings is 1. The summed E-state index contributed by atoms with van der Waals surface area (Å²) in [5, 5.41) is 8.21. The third-order valence-corrected chi connectivity index (χ3v) is 6.29. The van der Waals surface area contributed by atoms with Gasteiger partial charge in [0.1, 0.15) is 0 Å². The Morgan fingerprint density at radius 3 is 2.72 bits per heavy atom. The summed E-state index contributed by atoms with van der Waals surface area (Å²) >= 11 is 1.70. The Bertz CT molecular complexity index is 766. The van der Waals surface area contributed by atoms with E-state index in [2.05, 4.69) is 22.1 Å². The molecule has 2 atom stereocenters. The van der Waals surface area contributed by atoms with Crippen LogP contribution in [0.15, 0.2) is 41.8 Å². The summed E-state index contributed by atoms with van der Waals surface area (Å²) in [5.74, 6) is -0.0379. The van der Waals surface area contributed by atoms with Crippen molar-refractivity contribution in [1.82, 2.24) is 5.32 Å². The van der Waals surface area contributed by atoms with Gasteiger partial charge in [-0.25, -0.2) is 0 Å². The van der Waals surface area contributed by atoms with Crippen LogP contribution in [-0.4, -0.2) is 11.8 Å². The summed E-state index contributed by atoms with van der Waals surface area (Å²) in [5.41, 5.74) is 1.67. The first kappa shape index (κ1) is 16.3. The van der Waals surface area contributed by atoms with Gasteiger partial charge in [0.25, 0.3) is 0 Å². The Kier molecular flexibility index (Phi) is 4.57. The predicted octanol–water partition coefficient (Wildman–Crippen LogP) is 4.22. The molecular weight excluding hydrogens is 332 g/mol. The molecule has 2 N–H and O–H groups in total. The minimum Gasteiger partial charge on any atom is -0.348 e. The maximum atomic E-state index is 13.1. The van der Waals surface area contributed by atoms with Crippen LogP contribution < -0.4 is 10.6 Å². The molecule has 0 spiro atoms. The zero-order valence-corrected chi connectivity index (χ0v) is 14.9. The smallest absolute Gasteiger partial charge is 0.228 e. The maximum absolute atomic E-state index is 13.1. The molecule has 4 rings (SSSR count). The SMILES string of the molecule is O=C1C[C@@H](C(=O)N[C@H](c2cccs2)C2CCCC2)c2ccccc2N1. The van der Waals surface area contributed by atoms with Crippen molar-refractivity contribution in [3.8, 4) is 0 Å². The van der Waals surface area contributed by atoms with Crippen molar-refractivity contribution in [2.75, 3.05) is 5.32 Å². The van der Waals surface area contributed by atoms with Gasteiger partial charge in [-0.2, -0.15) is 0 Å². The van der Waals surface area contributed by atoms with Crippen LogP contribution in [0.5, 0.6) is 0 Å². The van der Waals surface area contributed by atoms with Crippen LogP contribution in [0.1, 0.15) is 54.5 Å². The fourth-order valence-corrected chi connectivity index (χ4v) is 4.95. The van der Waals surface area contributed by atoms with Gasteiger partial charge in [-0.05, 0) is 41.8 Å². The van der Waals surface area contributed by atoms with E-state index in [-0.39, 0.29) is 24.3 Å². The van der Waals surface area contributed by atoms with Gasteiger partial charge in [-0.1, -0.05) is 37.1 Å². The number of carbonyl (C=O) groups is 2. The molecule has 130 valence electrons. The third-order valence-electron chi connectivity index (χ3n) is 5.34. The van der Waals surface area contributed by atoms with E-state index in [1.54, 1.807) is 11.3 Å². The van der Waals surface area contributed by atoms with Crippen LogP contribution in [0.4, 0.5) is 5.69 Å². The molecular formula is C20H22N2O2S. The Morgan fingerprint density at radius 1 is 1.16 bits per heavy atom. The molecule has 0 radical (unpaired) electrons. The molecule has 5 heteroatoms. The minimum absolute atomic E-state index is 0.0346. The van der Waals surface area contributed by atoms with Crippen LogP contribution in [0.25, 0.3) is 0 Å². The van der Waals surface area contributed by atoms with E-state index >= 15 is 0 Å². The molecule has 2 amide bonds. The molecule has 2 aliphatic rings. The van der Waals surface area contributed by atoms with Gasteiger partial charge in [-0.15, -0.1) is 11.3 Å². The van der Waals surface area contributed by atoms with Crippen molar-refractivity contribution in [3.05, 3.63) is 52.2 Å². The highest BCUT2D eigenvalue weighted by Crippen LogP contribution is 2.39. The predicted molar refractivity (Wildman–Crippen MR) is 99.6 cm³/mol.